The normalized spacial score (nSPS) is 14.6. The van der Waals surface area contributed by atoms with Crippen LogP contribution in [0.4, 0.5) is 15.3 Å². The van der Waals surface area contributed by atoms with Crippen molar-refractivity contribution in [1.29, 1.82) is 0 Å². The molecule has 67 heavy (non-hydrogen) atoms. The lowest BCUT2D eigenvalue weighted by atomic mass is 9.94. The summed E-state index contributed by atoms with van der Waals surface area (Å²) in [5, 5.41) is 8.31. The van der Waals surface area contributed by atoms with Crippen LogP contribution in [0.5, 0.6) is 0 Å². The van der Waals surface area contributed by atoms with Gasteiger partial charge in [0.25, 0.3) is 0 Å². The van der Waals surface area contributed by atoms with Crippen LogP contribution in [-0.2, 0) is 63.8 Å². The van der Waals surface area contributed by atoms with Crippen molar-refractivity contribution in [3.63, 3.8) is 0 Å². The standard InChI is InChI=1S/C46H75N7O14/c1-31(2)36-29-40(56)53(44(36)59)20-22-63-24-26-65-28-27-64-25-23-62-21-17-39(55)50-41(32(3)4)43(58)49-37(11-9-10-12-38(47)54)42(57)48-35-15-13-34(14-16-35)30-66-45(60)51(7)18-19-52(8)46(61)67-33(5)6/h13-16,31-33,36-37,41H,9-12,17-30H2,1-8H3,(H2,47,54)(H,48,57)(H,49,58)(H,50,55)/t36?,37-,41+/m0/s1. The number of carbonyl (C=O) groups excluding carboxylic acids is 8. The first-order valence-corrected chi connectivity index (χ1v) is 23.0. The molecule has 0 bridgehead atoms. The highest BCUT2D eigenvalue weighted by molar-refractivity contribution is 6.03. The van der Waals surface area contributed by atoms with Crippen LogP contribution in [-0.4, -0.2) is 167 Å². The molecule has 1 aliphatic rings. The number of ether oxygens (including phenoxy) is 6. The van der Waals surface area contributed by atoms with Gasteiger partial charge in [0.05, 0.1) is 65.5 Å². The molecule has 1 aromatic rings. The minimum atomic E-state index is -1.01. The van der Waals surface area contributed by atoms with Crippen molar-refractivity contribution >= 4 is 53.3 Å². The average molecular weight is 950 g/mol. The van der Waals surface area contributed by atoms with Gasteiger partial charge in [-0.25, -0.2) is 9.59 Å². The molecule has 1 unspecified atom stereocenters. The number of primary amides is 1. The van der Waals surface area contributed by atoms with E-state index in [1.807, 2.05) is 13.8 Å². The molecule has 0 saturated carbocycles. The molecule has 378 valence electrons. The van der Waals surface area contributed by atoms with Gasteiger partial charge in [0.15, 0.2) is 0 Å². The molecule has 21 nitrogen and oxygen atoms in total. The monoisotopic (exact) mass is 950 g/mol. The van der Waals surface area contributed by atoms with Gasteiger partial charge < -0.3 is 59.9 Å². The first kappa shape index (κ1) is 57.7. The predicted molar refractivity (Wildman–Crippen MR) is 246 cm³/mol. The summed E-state index contributed by atoms with van der Waals surface area (Å²) in [4.78, 5) is 104. The van der Waals surface area contributed by atoms with E-state index in [4.69, 9.17) is 34.2 Å². The Hall–Kier alpha value is -5.38. The number of nitrogens with two attached hydrogens (primary N) is 1. The van der Waals surface area contributed by atoms with Crippen LogP contribution in [0.2, 0.25) is 0 Å². The Morgan fingerprint density at radius 1 is 0.731 bits per heavy atom. The number of likely N-dealkylation sites (tertiary alicyclic amines) is 1. The maximum atomic E-state index is 13.5. The number of rotatable bonds is 33. The average Bonchev–Trinajstić information content (AvgIpc) is 3.56. The second-order valence-electron chi connectivity index (χ2n) is 17.2. The number of anilines is 1. The van der Waals surface area contributed by atoms with E-state index in [1.165, 1.54) is 14.7 Å². The van der Waals surface area contributed by atoms with Crippen molar-refractivity contribution in [2.24, 2.45) is 23.5 Å². The number of imide groups is 1. The molecule has 0 radical (unpaired) electrons. The number of unbranched alkanes of at least 4 members (excludes halogenated alkanes) is 1. The fourth-order valence-corrected chi connectivity index (χ4v) is 6.45. The van der Waals surface area contributed by atoms with Crippen LogP contribution in [0, 0.1) is 17.8 Å². The van der Waals surface area contributed by atoms with Crippen molar-refractivity contribution in [2.75, 3.05) is 91.9 Å². The summed E-state index contributed by atoms with van der Waals surface area (Å²) in [7, 11) is 3.13. The molecule has 21 heteroatoms. The van der Waals surface area contributed by atoms with Crippen molar-refractivity contribution in [3.05, 3.63) is 29.8 Å². The number of carbonyl (C=O) groups is 8. The van der Waals surface area contributed by atoms with E-state index in [1.54, 1.807) is 66.1 Å². The van der Waals surface area contributed by atoms with Gasteiger partial charge in [-0.05, 0) is 56.2 Å². The van der Waals surface area contributed by atoms with E-state index in [0.29, 0.717) is 50.5 Å². The summed E-state index contributed by atoms with van der Waals surface area (Å²) in [6.07, 6.45) is 0.0266. The molecular weight excluding hydrogens is 875 g/mol. The zero-order chi connectivity index (χ0) is 49.9. The van der Waals surface area contributed by atoms with Crippen LogP contribution < -0.4 is 21.7 Å². The Bertz CT molecular complexity index is 1730. The fraction of sp³-hybridized carbons (Fsp3) is 0.696. The van der Waals surface area contributed by atoms with Crippen LogP contribution >= 0.6 is 0 Å². The number of hydrogen-bond donors (Lipinski definition) is 4. The second-order valence-corrected chi connectivity index (χ2v) is 17.2. The lowest BCUT2D eigenvalue weighted by Gasteiger charge is -2.25. The van der Waals surface area contributed by atoms with Crippen LogP contribution in [0.15, 0.2) is 24.3 Å². The van der Waals surface area contributed by atoms with Crippen molar-refractivity contribution in [1.82, 2.24) is 25.3 Å². The van der Waals surface area contributed by atoms with Gasteiger partial charge in [0, 0.05) is 58.1 Å². The number of nitrogens with one attached hydrogen (secondary N) is 3. The minimum absolute atomic E-state index is 0.0188. The maximum absolute atomic E-state index is 13.5. The number of likely N-dealkylation sites (N-methyl/N-ethyl adjacent to an activating group) is 2. The third-order valence-corrected chi connectivity index (χ3v) is 10.5. The summed E-state index contributed by atoms with van der Waals surface area (Å²) in [6, 6.07) is 4.64. The minimum Gasteiger partial charge on any atom is -0.447 e. The topological polar surface area (TPSA) is 264 Å². The molecule has 0 aliphatic carbocycles. The highest BCUT2D eigenvalue weighted by Crippen LogP contribution is 2.26. The largest absolute Gasteiger partial charge is 0.447 e. The molecule has 8 amide bonds. The van der Waals surface area contributed by atoms with E-state index >= 15 is 0 Å². The quantitative estimate of drug-likeness (QED) is 0.0584. The first-order valence-electron chi connectivity index (χ1n) is 23.0. The van der Waals surface area contributed by atoms with Gasteiger partial charge in [-0.3, -0.25) is 33.7 Å². The van der Waals surface area contributed by atoms with Crippen molar-refractivity contribution in [2.45, 2.75) is 105 Å². The molecule has 0 spiro atoms. The Morgan fingerprint density at radius 3 is 1.84 bits per heavy atom. The molecule has 0 aromatic heterocycles. The van der Waals surface area contributed by atoms with E-state index < -0.39 is 47.9 Å². The zero-order valence-corrected chi connectivity index (χ0v) is 40.6. The molecule has 1 heterocycles. The Kier molecular flexibility index (Phi) is 27.2. The lowest BCUT2D eigenvalue weighted by molar-refractivity contribution is -0.140. The number of benzene rings is 1. The molecule has 1 aromatic carbocycles. The summed E-state index contributed by atoms with van der Waals surface area (Å²) in [5.74, 6) is -2.72. The summed E-state index contributed by atoms with van der Waals surface area (Å²) >= 11 is 0. The molecule has 1 saturated heterocycles. The molecule has 5 N–H and O–H groups in total. The SMILES string of the molecule is CC(C)OC(=O)N(C)CCN(C)C(=O)OCc1ccc(NC(=O)[C@H](CCCCC(N)=O)NC(=O)[C@H](NC(=O)CCOCCOCCOCCOCCN2C(=O)CC(C(C)C)C2=O)C(C)C)cc1. The van der Waals surface area contributed by atoms with Gasteiger partial charge in [-0.2, -0.15) is 0 Å². The zero-order valence-electron chi connectivity index (χ0n) is 40.6. The highest BCUT2D eigenvalue weighted by Gasteiger charge is 2.39. The van der Waals surface area contributed by atoms with E-state index in [2.05, 4.69) is 16.0 Å². The maximum Gasteiger partial charge on any atom is 0.409 e. The predicted octanol–water partition coefficient (Wildman–Crippen LogP) is 2.83. The van der Waals surface area contributed by atoms with Gasteiger partial charge in [-0.1, -0.05) is 46.2 Å². The number of hydrogen-bond acceptors (Lipinski definition) is 14. The van der Waals surface area contributed by atoms with Crippen LogP contribution in [0.25, 0.3) is 0 Å². The van der Waals surface area contributed by atoms with Crippen molar-refractivity contribution < 1.29 is 66.8 Å². The van der Waals surface area contributed by atoms with Gasteiger partial charge in [0.1, 0.15) is 18.7 Å². The number of amides is 8. The molecule has 2 rings (SSSR count). The molecule has 1 fully saturated rings. The highest BCUT2D eigenvalue weighted by atomic mass is 16.6. The summed E-state index contributed by atoms with van der Waals surface area (Å²) in [5.41, 5.74) is 6.36. The van der Waals surface area contributed by atoms with E-state index in [-0.39, 0.29) is 114 Å². The lowest BCUT2D eigenvalue weighted by Crippen LogP contribution is -2.54. The van der Waals surface area contributed by atoms with Crippen LogP contribution in [0.3, 0.4) is 0 Å². The fourth-order valence-electron chi connectivity index (χ4n) is 6.45. The third kappa shape index (κ3) is 23.3. The van der Waals surface area contributed by atoms with Gasteiger partial charge in [-0.15, -0.1) is 0 Å². The second kappa shape index (κ2) is 31.6. The van der Waals surface area contributed by atoms with E-state index in [9.17, 15) is 38.4 Å². The summed E-state index contributed by atoms with van der Waals surface area (Å²) in [6.45, 7) is 13.7. The Labute approximate surface area is 394 Å². The molecule has 3 atom stereocenters. The van der Waals surface area contributed by atoms with Gasteiger partial charge >= 0.3 is 12.2 Å². The number of nitrogens with zero attached hydrogens (tertiary/aromatic N) is 3. The molecular formula is C46H75N7O14. The van der Waals surface area contributed by atoms with Crippen LogP contribution in [0.1, 0.15) is 85.6 Å². The van der Waals surface area contributed by atoms with Gasteiger partial charge in [0.2, 0.25) is 35.4 Å². The van der Waals surface area contributed by atoms with Crippen molar-refractivity contribution in [3.8, 4) is 0 Å². The Morgan fingerprint density at radius 2 is 1.30 bits per heavy atom. The first-order chi connectivity index (χ1) is 31.8. The smallest absolute Gasteiger partial charge is 0.409 e. The third-order valence-electron chi connectivity index (χ3n) is 10.5. The van der Waals surface area contributed by atoms with E-state index in [0.717, 1.165) is 0 Å². The Balaban J connectivity index is 1.73. The summed E-state index contributed by atoms with van der Waals surface area (Å²) < 4.78 is 32.6. The molecule has 1 aliphatic heterocycles.